The van der Waals surface area contributed by atoms with Crippen molar-refractivity contribution in [3.63, 3.8) is 0 Å². The van der Waals surface area contributed by atoms with Crippen molar-refractivity contribution in [3.05, 3.63) is 5.21 Å². The lowest BCUT2D eigenvalue weighted by molar-refractivity contribution is -0.579. The Hall–Kier alpha value is -1.06. The molecule has 0 aliphatic carbocycles. The van der Waals surface area contributed by atoms with Crippen molar-refractivity contribution in [3.8, 4) is 0 Å². The molecule has 0 radical (unpaired) electrons. The molecule has 0 saturated carbocycles. The SMILES string of the molecule is CN1C(=O)C=[N+]([O-])[C@]1(C)C(C)(C)C. The standard InChI is InChI=1S/C9H16N2O2/c1-8(2,3)9(4)10(5)7(12)6-11(9)13/h6H,1-5H3/t9-/m1/s1. The molecule has 74 valence electrons. The molecule has 0 N–H and O–H groups in total. The second-order valence-corrected chi connectivity index (χ2v) is 4.62. The maximum atomic E-state index is 11.6. The van der Waals surface area contributed by atoms with Crippen LogP contribution in [0.1, 0.15) is 27.7 Å². The van der Waals surface area contributed by atoms with Crippen LogP contribution >= 0.6 is 0 Å². The number of hydroxylamine groups is 1. The average Bonchev–Trinajstić information content (AvgIpc) is 2.14. The molecule has 4 nitrogen and oxygen atoms in total. The summed E-state index contributed by atoms with van der Waals surface area (Å²) in [5.74, 6) is -0.229. The Bertz CT molecular complexity index is 278. The molecule has 1 heterocycles. The zero-order chi connectivity index (χ0) is 10.4. The summed E-state index contributed by atoms with van der Waals surface area (Å²) in [6.07, 6.45) is 1.10. The van der Waals surface area contributed by atoms with Crippen molar-refractivity contribution in [1.29, 1.82) is 0 Å². The molecule has 1 aliphatic rings. The first-order valence-corrected chi connectivity index (χ1v) is 4.30. The minimum Gasteiger partial charge on any atom is -0.622 e. The quantitative estimate of drug-likeness (QED) is 0.413. The summed E-state index contributed by atoms with van der Waals surface area (Å²) in [6.45, 7) is 7.61. The molecule has 13 heavy (non-hydrogen) atoms. The zero-order valence-electron chi connectivity index (χ0n) is 8.79. The third kappa shape index (κ3) is 1.12. The van der Waals surface area contributed by atoms with Crippen molar-refractivity contribution >= 4 is 12.1 Å². The Morgan fingerprint density at radius 2 is 2.00 bits per heavy atom. The highest BCUT2D eigenvalue weighted by atomic mass is 16.5. The number of hydrogen-bond donors (Lipinski definition) is 0. The summed E-state index contributed by atoms with van der Waals surface area (Å²) in [6, 6.07) is 0. The van der Waals surface area contributed by atoms with E-state index in [1.165, 1.54) is 4.90 Å². The summed E-state index contributed by atoms with van der Waals surface area (Å²) in [5, 5.41) is 11.6. The molecular formula is C9H16N2O2. The minimum atomic E-state index is -0.774. The van der Waals surface area contributed by atoms with Gasteiger partial charge in [-0.3, -0.25) is 9.69 Å². The van der Waals surface area contributed by atoms with E-state index in [0.29, 0.717) is 0 Å². The van der Waals surface area contributed by atoms with Crippen molar-refractivity contribution < 1.29 is 9.53 Å². The fraction of sp³-hybridized carbons (Fsp3) is 0.778. The van der Waals surface area contributed by atoms with Crippen molar-refractivity contribution in [1.82, 2.24) is 4.90 Å². The molecule has 1 rings (SSSR count). The molecular weight excluding hydrogens is 168 g/mol. The van der Waals surface area contributed by atoms with Crippen LogP contribution in [0.4, 0.5) is 0 Å². The van der Waals surface area contributed by atoms with Crippen molar-refractivity contribution in [2.75, 3.05) is 7.05 Å². The van der Waals surface area contributed by atoms with Gasteiger partial charge in [-0.1, -0.05) is 20.8 Å². The van der Waals surface area contributed by atoms with Crippen LogP contribution in [-0.2, 0) is 4.79 Å². The number of carbonyl (C=O) groups excluding carboxylic acids is 1. The first-order valence-electron chi connectivity index (χ1n) is 4.30. The van der Waals surface area contributed by atoms with Gasteiger partial charge in [0.2, 0.25) is 6.21 Å². The van der Waals surface area contributed by atoms with E-state index in [-0.39, 0.29) is 11.3 Å². The third-order valence-electron chi connectivity index (χ3n) is 3.06. The minimum absolute atomic E-state index is 0.229. The van der Waals surface area contributed by atoms with Gasteiger partial charge in [0.1, 0.15) is 0 Å². The van der Waals surface area contributed by atoms with Gasteiger partial charge in [0, 0.05) is 19.4 Å². The van der Waals surface area contributed by atoms with E-state index in [1.54, 1.807) is 14.0 Å². The Morgan fingerprint density at radius 1 is 1.54 bits per heavy atom. The van der Waals surface area contributed by atoms with Crippen LogP contribution < -0.4 is 0 Å². The maximum Gasteiger partial charge on any atom is 0.316 e. The summed E-state index contributed by atoms with van der Waals surface area (Å²) < 4.78 is 0.745. The molecule has 0 fully saturated rings. The summed E-state index contributed by atoms with van der Waals surface area (Å²) in [7, 11) is 1.65. The fourth-order valence-corrected chi connectivity index (χ4v) is 1.51. The van der Waals surface area contributed by atoms with Gasteiger partial charge in [-0.25, -0.2) is 0 Å². The molecule has 1 amide bonds. The predicted molar refractivity (Wildman–Crippen MR) is 50.3 cm³/mol. The van der Waals surface area contributed by atoms with Crippen LogP contribution in [0.5, 0.6) is 0 Å². The van der Waals surface area contributed by atoms with Gasteiger partial charge in [0.25, 0.3) is 5.66 Å². The Kier molecular flexibility index (Phi) is 1.90. The van der Waals surface area contributed by atoms with Crippen LogP contribution in [0.25, 0.3) is 0 Å². The second-order valence-electron chi connectivity index (χ2n) is 4.62. The van der Waals surface area contributed by atoms with E-state index in [9.17, 15) is 10.0 Å². The van der Waals surface area contributed by atoms with E-state index in [1.807, 2.05) is 20.8 Å². The number of carbonyl (C=O) groups is 1. The second kappa shape index (κ2) is 2.47. The average molecular weight is 184 g/mol. The van der Waals surface area contributed by atoms with Crippen LogP contribution in [-0.4, -0.2) is 34.5 Å². The smallest absolute Gasteiger partial charge is 0.316 e. The molecule has 0 bridgehead atoms. The first kappa shape index (κ1) is 10.0. The zero-order valence-corrected chi connectivity index (χ0v) is 8.79. The lowest BCUT2D eigenvalue weighted by Gasteiger charge is -2.40. The van der Waals surface area contributed by atoms with Gasteiger partial charge >= 0.3 is 5.91 Å². The topological polar surface area (TPSA) is 46.4 Å². The van der Waals surface area contributed by atoms with E-state index in [4.69, 9.17) is 0 Å². The van der Waals surface area contributed by atoms with Gasteiger partial charge in [-0.15, -0.1) is 0 Å². The van der Waals surface area contributed by atoms with Gasteiger partial charge in [0.15, 0.2) is 0 Å². The normalized spacial score (nSPS) is 29.5. The highest BCUT2D eigenvalue weighted by Gasteiger charge is 2.55. The van der Waals surface area contributed by atoms with Crippen molar-refractivity contribution in [2.24, 2.45) is 5.41 Å². The fourth-order valence-electron chi connectivity index (χ4n) is 1.51. The predicted octanol–water partition coefficient (Wildman–Crippen LogP) is 0.802. The lowest BCUT2D eigenvalue weighted by atomic mass is 9.81. The summed E-state index contributed by atoms with van der Waals surface area (Å²) in [4.78, 5) is 12.8. The van der Waals surface area contributed by atoms with Crippen LogP contribution in [0.2, 0.25) is 0 Å². The Balaban J connectivity index is 3.19. The Morgan fingerprint density at radius 3 is 2.15 bits per heavy atom. The molecule has 4 heteroatoms. The lowest BCUT2D eigenvalue weighted by Crippen LogP contribution is -2.56. The van der Waals surface area contributed by atoms with E-state index in [0.717, 1.165) is 11.0 Å². The summed E-state index contributed by atoms with van der Waals surface area (Å²) in [5.41, 5.74) is -1.05. The number of rotatable bonds is 0. The van der Waals surface area contributed by atoms with Crippen molar-refractivity contribution in [2.45, 2.75) is 33.4 Å². The monoisotopic (exact) mass is 184 g/mol. The van der Waals surface area contributed by atoms with Gasteiger partial charge < -0.3 is 5.21 Å². The number of hydrogen-bond acceptors (Lipinski definition) is 2. The molecule has 0 aromatic rings. The van der Waals surface area contributed by atoms with Crippen LogP contribution in [0, 0.1) is 10.6 Å². The molecule has 0 saturated heterocycles. The molecule has 0 aromatic heterocycles. The molecule has 0 spiro atoms. The van der Waals surface area contributed by atoms with E-state index < -0.39 is 5.66 Å². The molecule has 1 atom stereocenters. The van der Waals surface area contributed by atoms with Gasteiger partial charge in [-0.2, -0.15) is 4.74 Å². The van der Waals surface area contributed by atoms with Gasteiger partial charge in [0.05, 0.1) is 0 Å². The maximum absolute atomic E-state index is 11.6. The van der Waals surface area contributed by atoms with Gasteiger partial charge in [-0.05, 0) is 0 Å². The summed E-state index contributed by atoms with van der Waals surface area (Å²) >= 11 is 0. The largest absolute Gasteiger partial charge is 0.622 e. The van der Waals surface area contributed by atoms with E-state index >= 15 is 0 Å². The number of amides is 1. The van der Waals surface area contributed by atoms with Crippen LogP contribution in [0.3, 0.4) is 0 Å². The molecule has 0 unspecified atom stereocenters. The highest BCUT2D eigenvalue weighted by Crippen LogP contribution is 2.37. The van der Waals surface area contributed by atoms with E-state index in [2.05, 4.69) is 0 Å². The highest BCUT2D eigenvalue weighted by molar-refractivity contribution is 6.25. The first-order chi connectivity index (χ1) is 5.71. The molecule has 1 aliphatic heterocycles. The number of nitrogens with zero attached hydrogens (tertiary/aromatic N) is 2. The Labute approximate surface area is 78.4 Å². The molecule has 0 aromatic carbocycles. The third-order valence-corrected chi connectivity index (χ3v) is 3.06. The van der Waals surface area contributed by atoms with Crippen LogP contribution in [0.15, 0.2) is 0 Å².